The third-order valence-corrected chi connectivity index (χ3v) is 5.38. The number of hydrogen-bond donors (Lipinski definition) is 1. The number of esters is 1. The normalized spacial score (nSPS) is 37.4. The summed E-state index contributed by atoms with van der Waals surface area (Å²) >= 11 is 0. The molecular weight excluding hydrogens is 230 g/mol. The van der Waals surface area contributed by atoms with Gasteiger partial charge in [0.1, 0.15) is 6.04 Å². The van der Waals surface area contributed by atoms with Crippen molar-refractivity contribution in [3.05, 3.63) is 0 Å². The molecule has 0 aromatic rings. The van der Waals surface area contributed by atoms with Crippen LogP contribution in [0.1, 0.15) is 12.8 Å². The number of rotatable bonds is 2. The van der Waals surface area contributed by atoms with E-state index >= 15 is 0 Å². The minimum Gasteiger partial charge on any atom is -0.468 e. The van der Waals surface area contributed by atoms with Crippen LogP contribution >= 0.6 is 0 Å². The van der Waals surface area contributed by atoms with E-state index in [1.54, 1.807) is 0 Å². The minimum atomic E-state index is -2.82. The van der Waals surface area contributed by atoms with Crippen LogP contribution in [-0.2, 0) is 19.4 Å². The first-order valence-corrected chi connectivity index (χ1v) is 7.35. The molecule has 0 aromatic heterocycles. The third-order valence-electron chi connectivity index (χ3n) is 3.58. The van der Waals surface area contributed by atoms with Crippen molar-refractivity contribution in [3.8, 4) is 0 Å². The third kappa shape index (κ3) is 2.38. The number of carbonyl (C=O) groups excluding carboxylic acids is 1. The quantitative estimate of drug-likeness (QED) is 0.671. The molecule has 0 radical (unpaired) electrons. The smallest absolute Gasteiger partial charge is 0.322 e. The molecule has 0 aromatic carbocycles. The molecule has 3 unspecified atom stereocenters. The van der Waals surface area contributed by atoms with Crippen molar-refractivity contribution in [2.75, 3.05) is 25.2 Å². The van der Waals surface area contributed by atoms with Crippen LogP contribution in [0.5, 0.6) is 0 Å². The van der Waals surface area contributed by atoms with E-state index in [1.165, 1.54) is 7.11 Å². The van der Waals surface area contributed by atoms with Gasteiger partial charge in [-0.05, 0) is 31.2 Å². The highest BCUT2D eigenvalue weighted by atomic mass is 32.2. The molecule has 1 N–H and O–H groups in total. The van der Waals surface area contributed by atoms with E-state index in [2.05, 4.69) is 10.1 Å². The van der Waals surface area contributed by atoms with Crippen LogP contribution in [0.4, 0.5) is 0 Å². The second-order valence-electron chi connectivity index (χ2n) is 4.64. The summed E-state index contributed by atoms with van der Waals surface area (Å²) in [6.45, 7) is 0.722. The van der Waals surface area contributed by atoms with Crippen LogP contribution < -0.4 is 5.32 Å². The van der Waals surface area contributed by atoms with Gasteiger partial charge >= 0.3 is 5.97 Å². The van der Waals surface area contributed by atoms with Gasteiger partial charge in [0.15, 0.2) is 9.84 Å². The summed E-state index contributed by atoms with van der Waals surface area (Å²) in [5, 5.41) is 3.09. The van der Waals surface area contributed by atoms with E-state index in [-0.39, 0.29) is 23.7 Å². The molecule has 0 bridgehead atoms. The zero-order valence-electron chi connectivity index (χ0n) is 9.31. The first-order valence-electron chi connectivity index (χ1n) is 5.53. The molecule has 2 saturated heterocycles. The molecule has 2 aliphatic rings. The van der Waals surface area contributed by atoms with Gasteiger partial charge in [0.2, 0.25) is 0 Å². The summed E-state index contributed by atoms with van der Waals surface area (Å²) in [7, 11) is -1.45. The van der Waals surface area contributed by atoms with Gasteiger partial charge in [-0.3, -0.25) is 4.79 Å². The van der Waals surface area contributed by atoms with Crippen molar-refractivity contribution in [1.82, 2.24) is 5.32 Å². The SMILES string of the molecule is COC(=O)C1CC(C2CCS(=O)(=O)C2)CN1. The molecule has 0 saturated carbocycles. The Morgan fingerprint density at radius 3 is 2.69 bits per heavy atom. The standard InChI is InChI=1S/C10H17NO4S/c1-15-10(12)9-4-8(5-11-9)7-2-3-16(13,14)6-7/h7-9,11H,2-6H2,1H3. The lowest BCUT2D eigenvalue weighted by Crippen LogP contribution is -2.31. The molecule has 0 amide bonds. The van der Waals surface area contributed by atoms with Crippen LogP contribution in [0.3, 0.4) is 0 Å². The van der Waals surface area contributed by atoms with E-state index in [4.69, 9.17) is 0 Å². The van der Waals surface area contributed by atoms with Gasteiger partial charge < -0.3 is 10.1 Å². The van der Waals surface area contributed by atoms with Crippen molar-refractivity contribution >= 4 is 15.8 Å². The molecular formula is C10H17NO4S. The molecule has 92 valence electrons. The largest absolute Gasteiger partial charge is 0.468 e. The Bertz CT molecular complexity index is 378. The maximum absolute atomic E-state index is 11.4. The number of sulfone groups is 1. The Balaban J connectivity index is 1.92. The van der Waals surface area contributed by atoms with Gasteiger partial charge in [-0.25, -0.2) is 8.42 Å². The first-order chi connectivity index (χ1) is 7.52. The summed E-state index contributed by atoms with van der Waals surface area (Å²) in [6.07, 6.45) is 1.44. The van der Waals surface area contributed by atoms with Gasteiger partial charge in [-0.2, -0.15) is 0 Å². The maximum atomic E-state index is 11.4. The fraction of sp³-hybridized carbons (Fsp3) is 0.900. The molecule has 3 atom stereocenters. The molecule has 0 aliphatic carbocycles. The predicted octanol–water partition coefficient (Wildman–Crippen LogP) is -0.428. The number of ether oxygens (including phenoxy) is 1. The number of carbonyl (C=O) groups is 1. The Labute approximate surface area is 95.5 Å². The van der Waals surface area contributed by atoms with Crippen molar-refractivity contribution < 1.29 is 17.9 Å². The van der Waals surface area contributed by atoms with Crippen LogP contribution in [-0.4, -0.2) is 45.6 Å². The zero-order valence-corrected chi connectivity index (χ0v) is 10.1. The van der Waals surface area contributed by atoms with Crippen LogP contribution in [0.2, 0.25) is 0 Å². The molecule has 5 nitrogen and oxygen atoms in total. The highest BCUT2D eigenvalue weighted by Gasteiger charge is 2.39. The Morgan fingerprint density at radius 2 is 2.12 bits per heavy atom. The van der Waals surface area contributed by atoms with Crippen molar-refractivity contribution in [1.29, 1.82) is 0 Å². The van der Waals surface area contributed by atoms with E-state index in [1.807, 2.05) is 0 Å². The number of methoxy groups -OCH3 is 1. The van der Waals surface area contributed by atoms with Crippen LogP contribution in [0.25, 0.3) is 0 Å². The topological polar surface area (TPSA) is 72.5 Å². The lowest BCUT2D eigenvalue weighted by atomic mass is 9.90. The summed E-state index contributed by atoms with van der Waals surface area (Å²) in [5.41, 5.74) is 0. The van der Waals surface area contributed by atoms with Gasteiger partial charge in [0.05, 0.1) is 18.6 Å². The monoisotopic (exact) mass is 247 g/mol. The average molecular weight is 247 g/mol. The summed E-state index contributed by atoms with van der Waals surface area (Å²) in [6, 6.07) is -0.252. The van der Waals surface area contributed by atoms with E-state index in [0.29, 0.717) is 18.1 Å². The van der Waals surface area contributed by atoms with Crippen molar-refractivity contribution in [2.45, 2.75) is 18.9 Å². The van der Waals surface area contributed by atoms with E-state index < -0.39 is 9.84 Å². The molecule has 0 spiro atoms. The molecule has 2 fully saturated rings. The fourth-order valence-electron chi connectivity index (χ4n) is 2.64. The van der Waals surface area contributed by atoms with E-state index in [0.717, 1.165) is 13.0 Å². The Hall–Kier alpha value is -0.620. The number of nitrogens with one attached hydrogen (secondary N) is 1. The fourth-order valence-corrected chi connectivity index (χ4v) is 4.56. The predicted molar refractivity (Wildman–Crippen MR) is 58.7 cm³/mol. The lowest BCUT2D eigenvalue weighted by molar-refractivity contribution is -0.142. The highest BCUT2D eigenvalue weighted by Crippen LogP contribution is 2.31. The second kappa shape index (κ2) is 4.33. The average Bonchev–Trinajstić information content (AvgIpc) is 2.83. The van der Waals surface area contributed by atoms with Crippen LogP contribution in [0, 0.1) is 11.8 Å². The summed E-state index contributed by atoms with van der Waals surface area (Å²) in [4.78, 5) is 11.3. The summed E-state index contributed by atoms with van der Waals surface area (Å²) in [5.74, 6) is 0.849. The summed E-state index contributed by atoms with van der Waals surface area (Å²) < 4.78 is 27.4. The Kier molecular flexibility index (Phi) is 3.21. The van der Waals surface area contributed by atoms with Gasteiger partial charge in [-0.1, -0.05) is 0 Å². The highest BCUT2D eigenvalue weighted by molar-refractivity contribution is 7.91. The van der Waals surface area contributed by atoms with Crippen molar-refractivity contribution in [2.24, 2.45) is 11.8 Å². The molecule has 2 aliphatic heterocycles. The molecule has 6 heteroatoms. The maximum Gasteiger partial charge on any atom is 0.322 e. The minimum absolute atomic E-state index is 0.215. The first kappa shape index (κ1) is 11.9. The van der Waals surface area contributed by atoms with Gasteiger partial charge in [-0.15, -0.1) is 0 Å². The van der Waals surface area contributed by atoms with Gasteiger partial charge in [0, 0.05) is 0 Å². The lowest BCUT2D eigenvalue weighted by Gasteiger charge is -2.15. The molecule has 2 heterocycles. The van der Waals surface area contributed by atoms with Crippen molar-refractivity contribution in [3.63, 3.8) is 0 Å². The Morgan fingerprint density at radius 1 is 1.38 bits per heavy atom. The molecule has 16 heavy (non-hydrogen) atoms. The van der Waals surface area contributed by atoms with E-state index in [9.17, 15) is 13.2 Å². The van der Waals surface area contributed by atoms with Gasteiger partial charge in [0.25, 0.3) is 0 Å². The second-order valence-corrected chi connectivity index (χ2v) is 6.87. The van der Waals surface area contributed by atoms with Crippen LogP contribution in [0.15, 0.2) is 0 Å². The molecule has 2 rings (SSSR count). The number of hydrogen-bond acceptors (Lipinski definition) is 5. The zero-order chi connectivity index (χ0) is 11.8.